The lowest BCUT2D eigenvalue weighted by Crippen LogP contribution is -2.12. The summed E-state index contributed by atoms with van der Waals surface area (Å²) >= 11 is 6.07. The Morgan fingerprint density at radius 2 is 1.85 bits per heavy atom. The van der Waals surface area contributed by atoms with Crippen molar-refractivity contribution in [2.24, 2.45) is 0 Å². The number of carbonyl (C=O) groups is 1. The molecule has 3 rings (SSSR count). The van der Waals surface area contributed by atoms with Crippen LogP contribution in [0.3, 0.4) is 0 Å². The van der Waals surface area contributed by atoms with Gasteiger partial charge < -0.3 is 19.2 Å². The van der Waals surface area contributed by atoms with E-state index >= 15 is 0 Å². The number of halogens is 1. The summed E-state index contributed by atoms with van der Waals surface area (Å²) in [4.78, 5) is 12.4. The molecule has 2 aromatic carbocycles. The average Bonchev–Trinajstić information content (AvgIpc) is 3.05. The second-order valence-corrected chi connectivity index (χ2v) is 5.97. The van der Waals surface area contributed by atoms with Crippen LogP contribution in [0.4, 0.5) is 5.69 Å². The van der Waals surface area contributed by atoms with E-state index < -0.39 is 0 Å². The van der Waals surface area contributed by atoms with Crippen molar-refractivity contribution >= 4 is 23.2 Å². The Labute approximate surface area is 156 Å². The van der Waals surface area contributed by atoms with E-state index in [1.54, 1.807) is 43.3 Å². The number of rotatable bonds is 6. The second kappa shape index (κ2) is 7.97. The van der Waals surface area contributed by atoms with Gasteiger partial charge in [0.2, 0.25) is 0 Å². The predicted octanol–water partition coefficient (Wildman–Crippen LogP) is 5.68. The van der Waals surface area contributed by atoms with Crippen LogP contribution in [0.5, 0.6) is 17.2 Å². The van der Waals surface area contributed by atoms with Gasteiger partial charge in [-0.2, -0.15) is 0 Å². The molecule has 1 N–H and O–H groups in total. The third-order valence-electron chi connectivity index (χ3n) is 3.62. The molecule has 1 amide bonds. The molecule has 26 heavy (non-hydrogen) atoms. The zero-order valence-corrected chi connectivity index (χ0v) is 15.2. The predicted molar refractivity (Wildman–Crippen MR) is 101 cm³/mol. The van der Waals surface area contributed by atoms with E-state index in [2.05, 4.69) is 5.32 Å². The molecule has 1 aromatic heterocycles. The van der Waals surface area contributed by atoms with Crippen molar-refractivity contribution in [1.29, 1.82) is 0 Å². The van der Waals surface area contributed by atoms with Crippen molar-refractivity contribution in [3.05, 3.63) is 71.1 Å². The third-order valence-corrected chi connectivity index (χ3v) is 3.86. The van der Waals surface area contributed by atoms with Gasteiger partial charge >= 0.3 is 0 Å². The normalized spacial score (nSPS) is 10.4. The zero-order chi connectivity index (χ0) is 18.5. The van der Waals surface area contributed by atoms with Crippen molar-refractivity contribution in [3.8, 4) is 17.2 Å². The molecule has 0 spiro atoms. The first kappa shape index (κ1) is 17.9. The van der Waals surface area contributed by atoms with Crippen molar-refractivity contribution in [2.45, 2.75) is 13.8 Å². The fourth-order valence-corrected chi connectivity index (χ4v) is 2.54. The summed E-state index contributed by atoms with van der Waals surface area (Å²) in [5.41, 5.74) is 1.20. The maximum absolute atomic E-state index is 12.4. The van der Waals surface area contributed by atoms with E-state index in [9.17, 15) is 4.79 Å². The average molecular weight is 372 g/mol. The number of nitrogens with one attached hydrogen (secondary N) is 1. The van der Waals surface area contributed by atoms with Gasteiger partial charge in [-0.1, -0.05) is 11.6 Å². The molecule has 0 aliphatic carbocycles. The molecule has 0 unspecified atom stereocenters. The first-order valence-corrected chi connectivity index (χ1v) is 8.50. The summed E-state index contributed by atoms with van der Waals surface area (Å²) in [5, 5.41) is 3.26. The minimum Gasteiger partial charge on any atom is -0.494 e. The van der Waals surface area contributed by atoms with Crippen LogP contribution in [0, 0.1) is 6.92 Å². The summed E-state index contributed by atoms with van der Waals surface area (Å²) in [5.74, 6) is 1.72. The van der Waals surface area contributed by atoms with E-state index in [4.69, 9.17) is 25.5 Å². The van der Waals surface area contributed by atoms with Crippen LogP contribution in [-0.4, -0.2) is 12.5 Å². The second-order valence-electron chi connectivity index (χ2n) is 5.53. The van der Waals surface area contributed by atoms with Gasteiger partial charge in [-0.15, -0.1) is 0 Å². The summed E-state index contributed by atoms with van der Waals surface area (Å²) in [6, 6.07) is 14.0. The molecule has 0 aliphatic rings. The Balaban J connectivity index is 1.81. The minimum absolute atomic E-state index is 0.247. The molecular weight excluding hydrogens is 354 g/mol. The first-order valence-electron chi connectivity index (χ1n) is 8.12. The highest BCUT2D eigenvalue weighted by Crippen LogP contribution is 2.33. The highest BCUT2D eigenvalue weighted by atomic mass is 35.5. The Morgan fingerprint density at radius 3 is 2.50 bits per heavy atom. The summed E-state index contributed by atoms with van der Waals surface area (Å²) in [6.07, 6.45) is 1.47. The molecule has 0 aliphatic heterocycles. The maximum Gasteiger partial charge on any atom is 0.291 e. The number of carbonyl (C=O) groups excluding carboxylic acids is 1. The molecule has 0 fully saturated rings. The lowest BCUT2D eigenvalue weighted by molar-refractivity contribution is 0.0995. The number of hydrogen-bond donors (Lipinski definition) is 1. The molecule has 1 heterocycles. The molecule has 0 bridgehead atoms. The van der Waals surface area contributed by atoms with Crippen LogP contribution in [0.25, 0.3) is 0 Å². The quantitative estimate of drug-likeness (QED) is 0.605. The lowest BCUT2D eigenvalue weighted by Gasteiger charge is -2.13. The largest absolute Gasteiger partial charge is 0.494 e. The van der Waals surface area contributed by atoms with E-state index in [1.165, 1.54) is 6.26 Å². The van der Waals surface area contributed by atoms with E-state index in [0.29, 0.717) is 28.8 Å². The standard InChI is InChI=1S/C20H18ClNO4/c1-3-24-15-5-7-16(8-6-15)26-18-9-4-14(21)12-17(18)22-20(23)19-13(2)10-11-25-19/h4-12H,3H2,1-2H3,(H,22,23). The Hall–Kier alpha value is -2.92. The third kappa shape index (κ3) is 4.18. The lowest BCUT2D eigenvalue weighted by atomic mass is 10.2. The summed E-state index contributed by atoms with van der Waals surface area (Å²) < 4.78 is 16.5. The van der Waals surface area contributed by atoms with Crippen molar-refractivity contribution < 1.29 is 18.7 Å². The number of amides is 1. The topological polar surface area (TPSA) is 60.7 Å². The van der Waals surface area contributed by atoms with Gasteiger partial charge in [-0.3, -0.25) is 4.79 Å². The molecule has 6 heteroatoms. The fourth-order valence-electron chi connectivity index (χ4n) is 2.37. The van der Waals surface area contributed by atoms with E-state index in [-0.39, 0.29) is 11.7 Å². The van der Waals surface area contributed by atoms with Gasteiger partial charge in [0.15, 0.2) is 11.5 Å². The SMILES string of the molecule is CCOc1ccc(Oc2ccc(Cl)cc2NC(=O)c2occc2C)cc1. The zero-order valence-electron chi connectivity index (χ0n) is 14.4. The van der Waals surface area contributed by atoms with Crippen molar-refractivity contribution in [1.82, 2.24) is 0 Å². The first-order chi connectivity index (χ1) is 12.6. The molecule has 5 nitrogen and oxygen atoms in total. The van der Waals surface area contributed by atoms with E-state index in [1.807, 2.05) is 19.1 Å². The summed E-state index contributed by atoms with van der Waals surface area (Å²) in [6.45, 7) is 4.32. The maximum atomic E-state index is 12.4. The van der Waals surface area contributed by atoms with Crippen LogP contribution < -0.4 is 14.8 Å². The fraction of sp³-hybridized carbons (Fsp3) is 0.150. The molecule has 0 atom stereocenters. The highest BCUT2D eigenvalue weighted by Gasteiger charge is 2.16. The number of ether oxygens (including phenoxy) is 2. The van der Waals surface area contributed by atoms with Gasteiger partial charge in [-0.25, -0.2) is 0 Å². The van der Waals surface area contributed by atoms with Gasteiger partial charge in [0.25, 0.3) is 5.91 Å². The number of furan rings is 1. The van der Waals surface area contributed by atoms with Gasteiger partial charge in [0, 0.05) is 10.6 Å². The Morgan fingerprint density at radius 1 is 1.12 bits per heavy atom. The molecule has 0 saturated heterocycles. The highest BCUT2D eigenvalue weighted by molar-refractivity contribution is 6.31. The minimum atomic E-state index is -0.369. The molecule has 0 radical (unpaired) electrons. The smallest absolute Gasteiger partial charge is 0.291 e. The van der Waals surface area contributed by atoms with Crippen molar-refractivity contribution in [3.63, 3.8) is 0 Å². The monoisotopic (exact) mass is 371 g/mol. The number of anilines is 1. The van der Waals surface area contributed by atoms with Crippen LogP contribution >= 0.6 is 11.6 Å². The van der Waals surface area contributed by atoms with Crippen LogP contribution in [0.2, 0.25) is 5.02 Å². The number of aryl methyl sites for hydroxylation is 1. The molecule has 0 saturated carbocycles. The van der Waals surface area contributed by atoms with Crippen LogP contribution in [0.1, 0.15) is 23.0 Å². The van der Waals surface area contributed by atoms with Gasteiger partial charge in [0.05, 0.1) is 18.6 Å². The number of hydrogen-bond acceptors (Lipinski definition) is 4. The number of benzene rings is 2. The van der Waals surface area contributed by atoms with Gasteiger partial charge in [0.1, 0.15) is 11.5 Å². The van der Waals surface area contributed by atoms with Crippen LogP contribution in [-0.2, 0) is 0 Å². The Kier molecular flexibility index (Phi) is 5.49. The van der Waals surface area contributed by atoms with Crippen molar-refractivity contribution in [2.75, 3.05) is 11.9 Å². The molecular formula is C20H18ClNO4. The summed E-state index contributed by atoms with van der Waals surface area (Å²) in [7, 11) is 0. The van der Waals surface area contributed by atoms with Gasteiger partial charge in [-0.05, 0) is 62.4 Å². The Bertz CT molecular complexity index is 902. The van der Waals surface area contributed by atoms with E-state index in [0.717, 1.165) is 11.3 Å². The molecule has 134 valence electrons. The van der Waals surface area contributed by atoms with Crippen LogP contribution in [0.15, 0.2) is 59.2 Å². The molecule has 3 aromatic rings.